The molecule has 2 rings (SSSR count). The molecule has 0 saturated heterocycles. The summed E-state index contributed by atoms with van der Waals surface area (Å²) < 4.78 is 58.7. The van der Waals surface area contributed by atoms with E-state index in [2.05, 4.69) is 0 Å². The highest BCUT2D eigenvalue weighted by atomic mass is 19.2. The molecule has 0 spiro atoms. The van der Waals surface area contributed by atoms with Gasteiger partial charge < -0.3 is 4.74 Å². The van der Waals surface area contributed by atoms with Crippen molar-refractivity contribution in [1.82, 2.24) is 0 Å². The van der Waals surface area contributed by atoms with E-state index in [1.54, 1.807) is 0 Å². The molecule has 19 heavy (non-hydrogen) atoms. The highest BCUT2D eigenvalue weighted by Crippen LogP contribution is 2.31. The maximum absolute atomic E-state index is 13.5. The number of aryl methyl sites for hydroxylation is 2. The Balaban J connectivity index is 2.45. The summed E-state index contributed by atoms with van der Waals surface area (Å²) in [6.45, 7) is 2.87. The van der Waals surface area contributed by atoms with E-state index in [-0.39, 0.29) is 5.56 Å². The maximum Gasteiger partial charge on any atom is 0.201 e. The van der Waals surface area contributed by atoms with Gasteiger partial charge in [0.05, 0.1) is 0 Å². The molecule has 0 aromatic heterocycles. The van der Waals surface area contributed by atoms with E-state index < -0.39 is 34.8 Å². The molecule has 0 heterocycles. The zero-order chi connectivity index (χ0) is 14.2. The number of hydrogen-bond donors (Lipinski definition) is 0. The molecule has 0 aliphatic rings. The summed E-state index contributed by atoms with van der Waals surface area (Å²) in [4.78, 5) is 0. The summed E-state index contributed by atoms with van der Waals surface area (Å²) in [5.41, 5.74) is 0.438. The highest BCUT2D eigenvalue weighted by Gasteiger charge is 2.17. The molecule has 0 unspecified atom stereocenters. The van der Waals surface area contributed by atoms with Crippen LogP contribution in [0.3, 0.4) is 0 Å². The summed E-state index contributed by atoms with van der Waals surface area (Å²) in [7, 11) is 0. The van der Waals surface area contributed by atoms with Gasteiger partial charge in [0, 0.05) is 0 Å². The molecule has 0 radical (unpaired) electrons. The van der Waals surface area contributed by atoms with Crippen LogP contribution in [0.4, 0.5) is 17.6 Å². The second kappa shape index (κ2) is 4.91. The van der Waals surface area contributed by atoms with Gasteiger partial charge in [-0.25, -0.2) is 13.2 Å². The van der Waals surface area contributed by atoms with Crippen LogP contribution in [0.2, 0.25) is 0 Å². The lowest BCUT2D eigenvalue weighted by molar-refractivity contribution is 0.374. The van der Waals surface area contributed by atoms with Gasteiger partial charge in [0.25, 0.3) is 0 Å². The Bertz CT molecular complexity index is 615. The van der Waals surface area contributed by atoms with E-state index in [9.17, 15) is 17.6 Å². The first-order chi connectivity index (χ1) is 8.90. The van der Waals surface area contributed by atoms with Crippen molar-refractivity contribution in [2.45, 2.75) is 13.8 Å². The van der Waals surface area contributed by atoms with E-state index in [0.717, 1.165) is 18.2 Å². The molecule has 0 aliphatic heterocycles. The second-order valence-electron chi connectivity index (χ2n) is 4.17. The molecule has 5 heteroatoms. The van der Waals surface area contributed by atoms with Crippen molar-refractivity contribution in [3.05, 3.63) is 58.7 Å². The lowest BCUT2D eigenvalue weighted by Crippen LogP contribution is -1.98. The Kier molecular flexibility index (Phi) is 3.46. The van der Waals surface area contributed by atoms with Gasteiger partial charge in [-0.1, -0.05) is 6.07 Å². The molecule has 0 N–H and O–H groups in total. The van der Waals surface area contributed by atoms with Crippen molar-refractivity contribution < 1.29 is 22.3 Å². The minimum atomic E-state index is -1.28. The fourth-order valence-electron chi connectivity index (χ4n) is 1.60. The fourth-order valence-corrected chi connectivity index (χ4v) is 1.60. The van der Waals surface area contributed by atoms with E-state index in [1.165, 1.54) is 19.9 Å². The smallest absolute Gasteiger partial charge is 0.201 e. The Morgan fingerprint density at radius 1 is 0.842 bits per heavy atom. The Morgan fingerprint density at radius 2 is 1.42 bits per heavy atom. The summed E-state index contributed by atoms with van der Waals surface area (Å²) in [6, 6.07) is 4.46. The van der Waals surface area contributed by atoms with Crippen molar-refractivity contribution >= 4 is 0 Å². The monoisotopic (exact) mass is 270 g/mol. The van der Waals surface area contributed by atoms with E-state index in [0.29, 0.717) is 5.56 Å². The molecule has 100 valence electrons. The maximum atomic E-state index is 13.5. The van der Waals surface area contributed by atoms with Gasteiger partial charge in [-0.2, -0.15) is 4.39 Å². The molecular formula is C14H10F4O. The van der Waals surface area contributed by atoms with Crippen molar-refractivity contribution in [3.63, 3.8) is 0 Å². The standard InChI is InChI=1S/C14H10F4O/c1-7-5-9(15)14(10(16)6-7)19-11-4-3-8(2)12(17)13(11)18/h3-6H,1-2H3. The highest BCUT2D eigenvalue weighted by molar-refractivity contribution is 5.37. The minimum Gasteiger partial charge on any atom is -0.448 e. The summed E-state index contributed by atoms with van der Waals surface area (Å²) >= 11 is 0. The van der Waals surface area contributed by atoms with Crippen LogP contribution in [0.25, 0.3) is 0 Å². The van der Waals surface area contributed by atoms with Crippen molar-refractivity contribution in [2.24, 2.45) is 0 Å². The molecule has 0 bridgehead atoms. The van der Waals surface area contributed by atoms with Crippen molar-refractivity contribution in [1.29, 1.82) is 0 Å². The fraction of sp³-hybridized carbons (Fsp3) is 0.143. The Hall–Kier alpha value is -2.04. The number of benzene rings is 2. The minimum absolute atomic E-state index is 0.0784. The Morgan fingerprint density at radius 3 is 2.00 bits per heavy atom. The molecule has 2 aromatic rings. The van der Waals surface area contributed by atoms with Crippen LogP contribution < -0.4 is 4.74 Å². The molecule has 0 fully saturated rings. The Labute approximate surface area is 107 Å². The summed E-state index contributed by atoms with van der Waals surface area (Å²) in [5.74, 6) is -5.65. The van der Waals surface area contributed by atoms with Gasteiger partial charge in [0.1, 0.15) is 0 Å². The number of hydrogen-bond acceptors (Lipinski definition) is 1. The molecule has 1 nitrogen and oxygen atoms in total. The SMILES string of the molecule is Cc1cc(F)c(Oc2ccc(C)c(F)c2F)c(F)c1. The predicted molar refractivity (Wildman–Crippen MR) is 62.3 cm³/mol. The largest absolute Gasteiger partial charge is 0.448 e. The summed E-state index contributed by atoms with van der Waals surface area (Å²) in [6.07, 6.45) is 0. The van der Waals surface area contributed by atoms with Crippen LogP contribution >= 0.6 is 0 Å². The quantitative estimate of drug-likeness (QED) is 0.721. The van der Waals surface area contributed by atoms with Crippen LogP contribution in [-0.4, -0.2) is 0 Å². The van der Waals surface area contributed by atoms with Crippen LogP contribution in [0.5, 0.6) is 11.5 Å². The van der Waals surface area contributed by atoms with Gasteiger partial charge in [0.15, 0.2) is 29.0 Å². The van der Waals surface area contributed by atoms with Crippen LogP contribution in [-0.2, 0) is 0 Å². The first kappa shape index (κ1) is 13.4. The zero-order valence-corrected chi connectivity index (χ0v) is 10.2. The summed E-state index contributed by atoms with van der Waals surface area (Å²) in [5, 5.41) is 0. The topological polar surface area (TPSA) is 9.23 Å². The third-order valence-electron chi connectivity index (χ3n) is 2.59. The van der Waals surface area contributed by atoms with Gasteiger partial charge >= 0.3 is 0 Å². The van der Waals surface area contributed by atoms with Gasteiger partial charge in [-0.3, -0.25) is 0 Å². The number of rotatable bonds is 2. The lowest BCUT2D eigenvalue weighted by atomic mass is 10.2. The molecule has 0 atom stereocenters. The van der Waals surface area contributed by atoms with Crippen molar-refractivity contribution in [2.75, 3.05) is 0 Å². The normalized spacial score (nSPS) is 10.6. The van der Waals surface area contributed by atoms with Crippen LogP contribution in [0.1, 0.15) is 11.1 Å². The number of ether oxygens (including phenoxy) is 1. The van der Waals surface area contributed by atoms with E-state index in [4.69, 9.17) is 4.74 Å². The van der Waals surface area contributed by atoms with E-state index in [1.807, 2.05) is 0 Å². The molecule has 2 aromatic carbocycles. The van der Waals surface area contributed by atoms with Crippen molar-refractivity contribution in [3.8, 4) is 11.5 Å². The molecular weight excluding hydrogens is 260 g/mol. The average Bonchev–Trinajstić information content (AvgIpc) is 2.33. The molecule has 0 amide bonds. The third kappa shape index (κ3) is 2.54. The first-order valence-corrected chi connectivity index (χ1v) is 5.48. The van der Waals surface area contributed by atoms with E-state index >= 15 is 0 Å². The second-order valence-corrected chi connectivity index (χ2v) is 4.17. The lowest BCUT2D eigenvalue weighted by Gasteiger charge is -2.10. The van der Waals surface area contributed by atoms with Gasteiger partial charge in [-0.05, 0) is 43.2 Å². The first-order valence-electron chi connectivity index (χ1n) is 5.48. The van der Waals surface area contributed by atoms with Gasteiger partial charge in [0.2, 0.25) is 5.82 Å². The van der Waals surface area contributed by atoms with Gasteiger partial charge in [-0.15, -0.1) is 0 Å². The average molecular weight is 270 g/mol. The zero-order valence-electron chi connectivity index (χ0n) is 10.2. The number of halogens is 4. The molecule has 0 saturated carbocycles. The van der Waals surface area contributed by atoms with Crippen LogP contribution in [0, 0.1) is 37.1 Å². The molecule has 0 aliphatic carbocycles. The third-order valence-corrected chi connectivity index (χ3v) is 2.59. The predicted octanol–water partition coefficient (Wildman–Crippen LogP) is 4.65. The van der Waals surface area contributed by atoms with Crippen LogP contribution in [0.15, 0.2) is 24.3 Å².